The minimum absolute atomic E-state index is 0.00151. The average molecular weight is 489 g/mol. The molecule has 178 valence electrons. The van der Waals surface area contributed by atoms with Crippen molar-refractivity contribution < 1.29 is 19.2 Å². The number of aliphatic imine (C=N–C) groups is 2. The van der Waals surface area contributed by atoms with Crippen LogP contribution >= 0.6 is 11.8 Å². The third-order valence-electron chi connectivity index (χ3n) is 5.57. The van der Waals surface area contributed by atoms with Crippen LogP contribution in [0.25, 0.3) is 6.08 Å². The van der Waals surface area contributed by atoms with Gasteiger partial charge in [-0.15, -0.1) is 0 Å². The summed E-state index contributed by atoms with van der Waals surface area (Å²) in [6.07, 6.45) is 6.76. The third-order valence-corrected chi connectivity index (χ3v) is 6.50. The molecular formula is C25H24N6O3S. The van der Waals surface area contributed by atoms with Crippen molar-refractivity contribution in [2.75, 3.05) is 28.8 Å². The van der Waals surface area contributed by atoms with E-state index in [1.807, 2.05) is 60.7 Å². The van der Waals surface area contributed by atoms with Crippen molar-refractivity contribution in [3.8, 4) is 0 Å². The Hall–Kier alpha value is -3.92. The zero-order chi connectivity index (χ0) is 24.0. The third kappa shape index (κ3) is 5.43. The number of carbonyl (C=O) groups excluding carboxylic acids is 1. The second-order valence-corrected chi connectivity index (χ2v) is 9.02. The molecule has 0 unspecified atom stereocenters. The van der Waals surface area contributed by atoms with Crippen LogP contribution in [0.15, 0.2) is 87.1 Å². The molecule has 0 radical (unpaired) electrons. The van der Waals surface area contributed by atoms with E-state index >= 15 is 0 Å². The number of amidine groups is 1. The standard InChI is InChI=1S/C25H24N6O3S/c32-22(27-23-17-30(28-34-23)29-14-8-3-9-15-29)18-35-25-26-21(16-19-10-4-1-5-11-19)24(33)31(25)20-12-6-2-7-13-20/h1-2,4-7,10-13,16-17H,3,8-9,14-15,18H2/b21-16+. The first kappa shape index (κ1) is 22.9. The van der Waals surface area contributed by atoms with Crippen LogP contribution in [0, 0.1) is 0 Å². The van der Waals surface area contributed by atoms with Gasteiger partial charge in [0.2, 0.25) is 5.27 Å². The molecule has 1 saturated heterocycles. The van der Waals surface area contributed by atoms with Gasteiger partial charge in [0.1, 0.15) is 5.70 Å². The zero-order valence-corrected chi connectivity index (χ0v) is 19.8. The number of amides is 1. The van der Waals surface area contributed by atoms with Gasteiger partial charge in [-0.25, -0.2) is 9.98 Å². The number of nitrogens with zero attached hydrogens (tertiary/aromatic N) is 6. The molecule has 9 nitrogen and oxygen atoms in total. The molecule has 2 aromatic carbocycles. The molecule has 0 saturated carbocycles. The normalized spacial score (nSPS) is 17.8. The lowest BCUT2D eigenvalue weighted by atomic mass is 10.2. The summed E-state index contributed by atoms with van der Waals surface area (Å²) < 4.78 is 5.22. The summed E-state index contributed by atoms with van der Waals surface area (Å²) in [4.78, 5) is 24.9. The van der Waals surface area contributed by atoms with Crippen molar-refractivity contribution in [3.05, 3.63) is 78.1 Å². The van der Waals surface area contributed by atoms with Crippen molar-refractivity contribution in [1.82, 2.24) is 5.27 Å². The number of benzene rings is 2. The molecule has 0 N–H and O–H groups in total. The molecule has 0 aliphatic carbocycles. The maximum absolute atomic E-state index is 13.2. The monoisotopic (exact) mass is 488 g/mol. The Bertz CT molecular complexity index is 1270. The molecule has 10 heteroatoms. The average Bonchev–Trinajstić information content (AvgIpc) is 3.49. The van der Waals surface area contributed by atoms with Crippen LogP contribution in [0.4, 0.5) is 11.6 Å². The van der Waals surface area contributed by atoms with E-state index < -0.39 is 5.90 Å². The van der Waals surface area contributed by atoms with Crippen molar-refractivity contribution >= 4 is 46.4 Å². The minimum atomic E-state index is -0.402. The molecule has 3 aromatic rings. The van der Waals surface area contributed by atoms with Gasteiger partial charge in [0.15, 0.2) is 5.17 Å². The van der Waals surface area contributed by atoms with E-state index in [1.54, 1.807) is 17.1 Å². The van der Waals surface area contributed by atoms with Crippen LogP contribution in [0.3, 0.4) is 0 Å². The largest absolute Gasteiger partial charge is 0.861 e. The molecule has 0 bridgehead atoms. The molecule has 0 atom stereocenters. The number of piperidine rings is 1. The highest BCUT2D eigenvalue weighted by atomic mass is 32.2. The molecule has 1 aromatic heterocycles. The van der Waals surface area contributed by atoms with Crippen LogP contribution in [-0.2, 0) is 4.79 Å². The molecule has 2 aliphatic heterocycles. The Kier molecular flexibility index (Phi) is 6.89. The van der Waals surface area contributed by atoms with Crippen LogP contribution in [0.2, 0.25) is 0 Å². The smallest absolute Gasteiger partial charge is 0.324 e. The van der Waals surface area contributed by atoms with E-state index in [9.17, 15) is 9.90 Å². The Morgan fingerprint density at radius 2 is 1.80 bits per heavy atom. The van der Waals surface area contributed by atoms with E-state index in [1.165, 1.54) is 11.3 Å². The van der Waals surface area contributed by atoms with Gasteiger partial charge in [-0.3, -0.25) is 14.2 Å². The highest BCUT2D eigenvalue weighted by Crippen LogP contribution is 2.29. The highest BCUT2D eigenvalue weighted by molar-refractivity contribution is 8.14. The summed E-state index contributed by atoms with van der Waals surface area (Å²) >= 11 is 1.16. The number of thioether (sulfide) groups is 1. The minimum Gasteiger partial charge on any atom is -0.861 e. The SMILES string of the molecule is O=C1/C(=C\c2ccccc2)N=C(SC/C([O-])=N\c2c[n+](N3CCCCC3)no2)N1c1ccccc1. The van der Waals surface area contributed by atoms with Gasteiger partial charge in [-0.2, -0.15) is 5.01 Å². The van der Waals surface area contributed by atoms with Crippen molar-refractivity contribution in [1.29, 1.82) is 0 Å². The molecule has 0 spiro atoms. The Morgan fingerprint density at radius 3 is 2.54 bits per heavy atom. The van der Waals surface area contributed by atoms with E-state index in [-0.39, 0.29) is 17.5 Å². The number of hydrogen-bond acceptors (Lipinski definition) is 8. The summed E-state index contributed by atoms with van der Waals surface area (Å²) in [6.45, 7) is 1.78. The molecule has 1 amide bonds. The molecule has 2 aliphatic rings. The van der Waals surface area contributed by atoms with Crippen molar-refractivity contribution in [2.45, 2.75) is 19.3 Å². The summed E-state index contributed by atoms with van der Waals surface area (Å²) in [6, 6.07) is 18.8. The summed E-state index contributed by atoms with van der Waals surface area (Å²) in [5.74, 6) is -0.501. The predicted octanol–water partition coefficient (Wildman–Crippen LogP) is 2.65. The van der Waals surface area contributed by atoms with Crippen LogP contribution < -0.4 is 19.8 Å². The number of rotatable bonds is 6. The maximum Gasteiger partial charge on any atom is 0.324 e. The molecule has 35 heavy (non-hydrogen) atoms. The van der Waals surface area contributed by atoms with Gasteiger partial charge in [-0.1, -0.05) is 60.3 Å². The summed E-state index contributed by atoms with van der Waals surface area (Å²) in [7, 11) is 0. The first-order valence-corrected chi connectivity index (χ1v) is 12.4. The summed E-state index contributed by atoms with van der Waals surface area (Å²) in [5, 5.41) is 19.0. The fourth-order valence-electron chi connectivity index (χ4n) is 3.88. The topological polar surface area (TPSA) is 101 Å². The fourth-order valence-corrected chi connectivity index (χ4v) is 4.68. The zero-order valence-electron chi connectivity index (χ0n) is 19.0. The summed E-state index contributed by atoms with van der Waals surface area (Å²) in [5.41, 5.74) is 1.87. The van der Waals surface area contributed by atoms with Gasteiger partial charge in [0.05, 0.1) is 23.6 Å². The van der Waals surface area contributed by atoms with Gasteiger partial charge < -0.3 is 5.11 Å². The van der Waals surface area contributed by atoms with E-state index in [4.69, 9.17) is 4.52 Å². The number of hydrogen-bond donors (Lipinski definition) is 0. The van der Waals surface area contributed by atoms with Gasteiger partial charge in [0.25, 0.3) is 12.1 Å². The second-order valence-electron chi connectivity index (χ2n) is 8.08. The van der Waals surface area contributed by atoms with Crippen molar-refractivity contribution in [2.24, 2.45) is 9.98 Å². The quantitative estimate of drug-likeness (QED) is 0.229. The molecular weight excluding hydrogens is 464 g/mol. The van der Waals surface area contributed by atoms with Gasteiger partial charge in [0, 0.05) is 5.75 Å². The fraction of sp³-hybridized carbons (Fsp3) is 0.240. The first-order chi connectivity index (χ1) is 17.2. The highest BCUT2D eigenvalue weighted by Gasteiger charge is 2.32. The van der Waals surface area contributed by atoms with Crippen molar-refractivity contribution in [3.63, 3.8) is 0 Å². The number of anilines is 1. The van der Waals surface area contributed by atoms with Crippen LogP contribution in [0.5, 0.6) is 0 Å². The van der Waals surface area contributed by atoms with Gasteiger partial charge >= 0.3 is 5.88 Å². The number of aromatic nitrogens is 2. The van der Waals surface area contributed by atoms with E-state index in [2.05, 4.69) is 20.3 Å². The van der Waals surface area contributed by atoms with Crippen LogP contribution in [0.1, 0.15) is 24.8 Å². The molecule has 5 rings (SSSR count). The number of carbonyl (C=O) groups is 1. The van der Waals surface area contributed by atoms with Gasteiger partial charge in [-0.05, 0) is 48.9 Å². The lowest BCUT2D eigenvalue weighted by molar-refractivity contribution is -0.759. The first-order valence-electron chi connectivity index (χ1n) is 11.4. The van der Waals surface area contributed by atoms with E-state index in [0.717, 1.165) is 43.3 Å². The lowest BCUT2D eigenvalue weighted by Gasteiger charge is -2.18. The Balaban J connectivity index is 1.33. The second kappa shape index (κ2) is 10.6. The predicted molar refractivity (Wildman–Crippen MR) is 134 cm³/mol. The Morgan fingerprint density at radius 1 is 1.09 bits per heavy atom. The lowest BCUT2D eigenvalue weighted by Crippen LogP contribution is -2.60. The maximum atomic E-state index is 13.2. The number of para-hydroxylation sites is 1. The molecule has 3 heterocycles. The molecule has 1 fully saturated rings. The Labute approximate surface area is 207 Å². The van der Waals surface area contributed by atoms with Crippen LogP contribution in [-0.4, -0.2) is 41.1 Å². The van der Waals surface area contributed by atoms with E-state index in [0.29, 0.717) is 16.6 Å².